The SMILES string of the molecule is CC1(C)CCCc2cc(-c3csc(N4CCC(NC[C@H](O)CCO)CC4)n3)ccc21. The molecule has 0 spiro atoms. The molecule has 1 aromatic carbocycles. The minimum atomic E-state index is -0.461. The second-order valence-electron chi connectivity index (χ2n) is 9.46. The van der Waals surface area contributed by atoms with Crippen LogP contribution in [0.5, 0.6) is 0 Å². The average Bonchev–Trinajstić information content (AvgIpc) is 3.23. The molecule has 5 nitrogen and oxygen atoms in total. The quantitative estimate of drug-likeness (QED) is 0.626. The number of thiazole rings is 1. The maximum Gasteiger partial charge on any atom is 0.185 e. The van der Waals surface area contributed by atoms with Gasteiger partial charge in [0.1, 0.15) is 0 Å². The van der Waals surface area contributed by atoms with Gasteiger partial charge in [-0.15, -0.1) is 11.3 Å². The van der Waals surface area contributed by atoms with Gasteiger partial charge in [0.2, 0.25) is 0 Å². The zero-order chi connectivity index (χ0) is 21.1. The van der Waals surface area contributed by atoms with Gasteiger partial charge >= 0.3 is 0 Å². The van der Waals surface area contributed by atoms with Crippen molar-refractivity contribution in [3.05, 3.63) is 34.7 Å². The molecule has 3 N–H and O–H groups in total. The highest BCUT2D eigenvalue weighted by molar-refractivity contribution is 7.14. The molecule has 0 amide bonds. The van der Waals surface area contributed by atoms with Crippen LogP contribution in [0.15, 0.2) is 23.6 Å². The van der Waals surface area contributed by atoms with Crippen molar-refractivity contribution in [3.63, 3.8) is 0 Å². The van der Waals surface area contributed by atoms with Crippen LogP contribution in [0.3, 0.4) is 0 Å². The molecule has 1 aliphatic heterocycles. The lowest BCUT2D eigenvalue weighted by molar-refractivity contribution is 0.126. The monoisotopic (exact) mass is 429 g/mol. The zero-order valence-corrected chi connectivity index (χ0v) is 19.0. The number of hydrogen-bond donors (Lipinski definition) is 3. The number of nitrogens with one attached hydrogen (secondary N) is 1. The maximum absolute atomic E-state index is 9.78. The fraction of sp³-hybridized carbons (Fsp3) is 0.625. The predicted octanol–water partition coefficient (Wildman–Crippen LogP) is 3.73. The topological polar surface area (TPSA) is 68.6 Å². The molecule has 0 saturated carbocycles. The lowest BCUT2D eigenvalue weighted by Crippen LogP contribution is -2.44. The number of nitrogens with zero attached hydrogens (tertiary/aromatic N) is 2. The lowest BCUT2D eigenvalue weighted by atomic mass is 9.72. The summed E-state index contributed by atoms with van der Waals surface area (Å²) >= 11 is 1.74. The van der Waals surface area contributed by atoms with Crippen molar-refractivity contribution in [2.45, 2.75) is 69.9 Å². The average molecular weight is 430 g/mol. The number of fused-ring (bicyclic) bond motifs is 1. The molecule has 2 heterocycles. The van der Waals surface area contributed by atoms with Crippen LogP contribution in [0.2, 0.25) is 0 Å². The molecule has 6 heteroatoms. The smallest absolute Gasteiger partial charge is 0.185 e. The van der Waals surface area contributed by atoms with Gasteiger partial charge in [-0.25, -0.2) is 4.98 Å². The summed E-state index contributed by atoms with van der Waals surface area (Å²) in [6.07, 6.45) is 5.79. The molecule has 1 fully saturated rings. The van der Waals surface area contributed by atoms with Crippen LogP contribution in [-0.2, 0) is 11.8 Å². The summed E-state index contributed by atoms with van der Waals surface area (Å²) in [6, 6.07) is 7.37. The second kappa shape index (κ2) is 9.35. The number of benzene rings is 1. The molecule has 0 radical (unpaired) electrons. The van der Waals surface area contributed by atoms with Crippen LogP contribution < -0.4 is 10.2 Å². The van der Waals surface area contributed by atoms with Gasteiger partial charge in [0, 0.05) is 43.2 Å². The normalized spacial score (nSPS) is 20.2. The number of anilines is 1. The number of aliphatic hydroxyl groups is 2. The van der Waals surface area contributed by atoms with E-state index in [4.69, 9.17) is 10.1 Å². The Balaban J connectivity index is 1.36. The lowest BCUT2D eigenvalue weighted by Gasteiger charge is -2.33. The third kappa shape index (κ3) is 4.88. The van der Waals surface area contributed by atoms with E-state index in [1.165, 1.54) is 36.0 Å². The molecule has 1 aliphatic carbocycles. The highest BCUT2D eigenvalue weighted by Crippen LogP contribution is 2.39. The molecule has 4 rings (SSSR count). The number of aliphatic hydroxyl groups excluding tert-OH is 2. The molecule has 1 atom stereocenters. The van der Waals surface area contributed by atoms with E-state index in [0.29, 0.717) is 19.0 Å². The van der Waals surface area contributed by atoms with Crippen LogP contribution in [0.1, 0.15) is 57.1 Å². The van der Waals surface area contributed by atoms with E-state index >= 15 is 0 Å². The maximum atomic E-state index is 9.78. The van der Waals surface area contributed by atoms with Crippen LogP contribution >= 0.6 is 11.3 Å². The van der Waals surface area contributed by atoms with Crippen molar-refractivity contribution in [2.75, 3.05) is 31.1 Å². The summed E-state index contributed by atoms with van der Waals surface area (Å²) in [5, 5.41) is 25.4. The van der Waals surface area contributed by atoms with Gasteiger partial charge in [0.25, 0.3) is 0 Å². The Morgan fingerprint density at radius 1 is 1.30 bits per heavy atom. The van der Waals surface area contributed by atoms with Gasteiger partial charge in [-0.3, -0.25) is 0 Å². The van der Waals surface area contributed by atoms with Crippen molar-refractivity contribution in [1.29, 1.82) is 0 Å². The molecule has 2 aliphatic rings. The van der Waals surface area contributed by atoms with Gasteiger partial charge < -0.3 is 20.4 Å². The Morgan fingerprint density at radius 3 is 2.87 bits per heavy atom. The van der Waals surface area contributed by atoms with Crippen molar-refractivity contribution in [2.24, 2.45) is 0 Å². The first-order valence-electron chi connectivity index (χ1n) is 11.3. The Labute approximate surface area is 184 Å². The highest BCUT2D eigenvalue weighted by atomic mass is 32.1. The van der Waals surface area contributed by atoms with E-state index in [0.717, 1.165) is 36.8 Å². The summed E-state index contributed by atoms with van der Waals surface area (Å²) in [4.78, 5) is 7.36. The fourth-order valence-electron chi connectivity index (χ4n) is 4.85. The number of piperidine rings is 1. The van der Waals surface area contributed by atoms with Gasteiger partial charge in [-0.1, -0.05) is 26.0 Å². The summed E-state index contributed by atoms with van der Waals surface area (Å²) < 4.78 is 0. The Bertz CT molecular complexity index is 843. The number of aromatic nitrogens is 1. The summed E-state index contributed by atoms with van der Waals surface area (Å²) in [7, 11) is 0. The van der Waals surface area contributed by atoms with E-state index < -0.39 is 6.10 Å². The molecule has 0 unspecified atom stereocenters. The molecule has 30 heavy (non-hydrogen) atoms. The largest absolute Gasteiger partial charge is 0.396 e. The predicted molar refractivity (Wildman–Crippen MR) is 124 cm³/mol. The molecule has 164 valence electrons. The summed E-state index contributed by atoms with van der Waals surface area (Å²) in [6.45, 7) is 7.28. The first-order valence-corrected chi connectivity index (χ1v) is 12.2. The second-order valence-corrected chi connectivity index (χ2v) is 10.3. The summed E-state index contributed by atoms with van der Waals surface area (Å²) in [5.41, 5.74) is 5.61. The Morgan fingerprint density at radius 2 is 2.10 bits per heavy atom. The van der Waals surface area contributed by atoms with E-state index in [-0.39, 0.29) is 12.0 Å². The van der Waals surface area contributed by atoms with Crippen LogP contribution in [-0.4, -0.2) is 53.6 Å². The molecule has 2 aromatic rings. The number of rotatable bonds is 7. The van der Waals surface area contributed by atoms with E-state index in [1.807, 2.05) is 0 Å². The first-order chi connectivity index (χ1) is 14.5. The minimum absolute atomic E-state index is 0.0374. The van der Waals surface area contributed by atoms with Gasteiger partial charge in [0.05, 0.1) is 11.8 Å². The zero-order valence-electron chi connectivity index (χ0n) is 18.2. The minimum Gasteiger partial charge on any atom is -0.396 e. The Kier molecular flexibility index (Phi) is 6.78. The molecular formula is C24H35N3O2S. The van der Waals surface area contributed by atoms with Crippen LogP contribution in [0, 0.1) is 0 Å². The van der Waals surface area contributed by atoms with E-state index in [9.17, 15) is 5.11 Å². The molecule has 1 saturated heterocycles. The van der Waals surface area contributed by atoms with Crippen LogP contribution in [0.25, 0.3) is 11.3 Å². The van der Waals surface area contributed by atoms with Crippen molar-refractivity contribution < 1.29 is 10.2 Å². The van der Waals surface area contributed by atoms with Crippen molar-refractivity contribution >= 4 is 16.5 Å². The molecule has 1 aromatic heterocycles. The first kappa shape index (κ1) is 21.8. The highest BCUT2D eigenvalue weighted by Gasteiger charge is 2.27. The van der Waals surface area contributed by atoms with E-state index in [2.05, 4.69) is 47.6 Å². The van der Waals surface area contributed by atoms with Gasteiger partial charge in [-0.2, -0.15) is 0 Å². The van der Waals surface area contributed by atoms with Crippen LogP contribution in [0.4, 0.5) is 5.13 Å². The molecular weight excluding hydrogens is 394 g/mol. The third-order valence-corrected chi connectivity index (χ3v) is 7.64. The standard InChI is InChI=1S/C24H35N3O2S/c1-24(2)10-3-4-17-14-18(5-6-21(17)24)22-16-30-23(26-22)27-11-7-19(8-12-27)25-15-20(29)9-13-28/h5-6,14,16,19-20,25,28-29H,3-4,7-13,15H2,1-2H3/t20-/m1/s1. The number of aryl methyl sites for hydroxylation is 1. The van der Waals surface area contributed by atoms with Crippen molar-refractivity contribution in [1.82, 2.24) is 10.3 Å². The van der Waals surface area contributed by atoms with Gasteiger partial charge in [-0.05, 0) is 61.1 Å². The molecule has 0 bridgehead atoms. The Hall–Kier alpha value is -1.47. The fourth-order valence-corrected chi connectivity index (χ4v) is 5.73. The van der Waals surface area contributed by atoms with Gasteiger partial charge in [0.15, 0.2) is 5.13 Å². The van der Waals surface area contributed by atoms with Crippen molar-refractivity contribution in [3.8, 4) is 11.3 Å². The summed E-state index contributed by atoms with van der Waals surface area (Å²) in [5.74, 6) is 0. The third-order valence-electron chi connectivity index (χ3n) is 6.74. The number of hydrogen-bond acceptors (Lipinski definition) is 6. The van der Waals surface area contributed by atoms with E-state index in [1.54, 1.807) is 11.3 Å².